The van der Waals surface area contributed by atoms with Crippen LogP contribution < -0.4 is 15.5 Å². The number of aryl methyl sites for hydroxylation is 1. The Morgan fingerprint density at radius 1 is 1.07 bits per heavy atom. The van der Waals surface area contributed by atoms with Gasteiger partial charge in [0.2, 0.25) is 5.91 Å². The minimum atomic E-state index is -0.0168. The largest absolute Gasteiger partial charge is 0.375 e. The van der Waals surface area contributed by atoms with Crippen LogP contribution in [0.4, 0.5) is 5.69 Å². The molecule has 0 bridgehead atoms. The molecule has 2 rings (SSSR count). The van der Waals surface area contributed by atoms with Crippen molar-refractivity contribution in [2.45, 2.75) is 19.9 Å². The minimum Gasteiger partial charge on any atom is -0.375 e. The van der Waals surface area contributed by atoms with Gasteiger partial charge in [-0.3, -0.25) is 4.79 Å². The summed E-state index contributed by atoms with van der Waals surface area (Å²) in [5, 5.41) is 6.67. The Hall–Kier alpha value is -2.54. The first-order valence-electron chi connectivity index (χ1n) is 9.49. The third-order valence-corrected chi connectivity index (χ3v) is 5.26. The van der Waals surface area contributed by atoms with Crippen molar-refractivity contribution >= 4 is 28.9 Å². The van der Waals surface area contributed by atoms with Crippen molar-refractivity contribution in [3.8, 4) is 0 Å². The van der Waals surface area contributed by atoms with E-state index in [4.69, 9.17) is 0 Å². The lowest BCUT2D eigenvalue weighted by Crippen LogP contribution is -2.39. The molecule has 0 aliphatic rings. The van der Waals surface area contributed by atoms with Crippen LogP contribution in [0.1, 0.15) is 16.2 Å². The van der Waals surface area contributed by atoms with E-state index in [1.54, 1.807) is 30.3 Å². The first kappa shape index (κ1) is 21.8. The number of hydrogen-bond acceptors (Lipinski definition) is 4. The summed E-state index contributed by atoms with van der Waals surface area (Å²) in [6.45, 7) is 4.65. The highest BCUT2D eigenvalue weighted by molar-refractivity contribution is 7.11. The monoisotopic (exact) mass is 401 g/mol. The van der Waals surface area contributed by atoms with Gasteiger partial charge in [0, 0.05) is 49.7 Å². The molecule has 1 aromatic heterocycles. The third kappa shape index (κ3) is 7.60. The molecule has 6 nitrogen and oxygen atoms in total. The van der Waals surface area contributed by atoms with E-state index >= 15 is 0 Å². The van der Waals surface area contributed by atoms with Gasteiger partial charge in [0.25, 0.3) is 0 Å². The van der Waals surface area contributed by atoms with Crippen LogP contribution in [0, 0.1) is 6.92 Å². The summed E-state index contributed by atoms with van der Waals surface area (Å²) >= 11 is 1.76. The molecule has 1 aromatic carbocycles. The smallest absolute Gasteiger partial charge is 0.243 e. The molecule has 0 aliphatic heterocycles. The summed E-state index contributed by atoms with van der Waals surface area (Å²) in [6.07, 6.45) is 0.964. The van der Waals surface area contributed by atoms with Crippen LogP contribution >= 0.6 is 11.3 Å². The van der Waals surface area contributed by atoms with Gasteiger partial charge in [-0.1, -0.05) is 18.2 Å². The van der Waals surface area contributed by atoms with E-state index in [1.807, 2.05) is 18.2 Å². The van der Waals surface area contributed by atoms with Crippen LogP contribution in [0.2, 0.25) is 0 Å². The number of amides is 1. The van der Waals surface area contributed by atoms with E-state index in [1.165, 1.54) is 15.4 Å². The molecule has 28 heavy (non-hydrogen) atoms. The lowest BCUT2D eigenvalue weighted by molar-refractivity contribution is -0.127. The van der Waals surface area contributed by atoms with Gasteiger partial charge in [-0.25, -0.2) is 4.99 Å². The quantitative estimate of drug-likeness (QED) is 0.385. The lowest BCUT2D eigenvalue weighted by Gasteiger charge is -2.19. The zero-order valence-electron chi connectivity index (χ0n) is 17.2. The number of anilines is 1. The Balaban J connectivity index is 1.83. The molecule has 0 fully saturated rings. The fraction of sp³-hybridized carbons (Fsp3) is 0.429. The average Bonchev–Trinajstić information content (AvgIpc) is 3.11. The number of guanidine groups is 1. The molecule has 2 aromatic rings. The van der Waals surface area contributed by atoms with Crippen molar-refractivity contribution in [1.82, 2.24) is 15.5 Å². The molecule has 0 aliphatic carbocycles. The molecule has 0 spiro atoms. The number of aliphatic imine (C=N–C) groups is 1. The van der Waals surface area contributed by atoms with Crippen molar-refractivity contribution < 1.29 is 4.79 Å². The van der Waals surface area contributed by atoms with Gasteiger partial charge in [0.1, 0.15) is 6.54 Å². The zero-order chi connectivity index (χ0) is 20.4. The second-order valence-electron chi connectivity index (χ2n) is 6.86. The highest BCUT2D eigenvalue weighted by atomic mass is 32.1. The van der Waals surface area contributed by atoms with E-state index in [0.29, 0.717) is 12.5 Å². The lowest BCUT2D eigenvalue weighted by atomic mass is 10.3. The first-order chi connectivity index (χ1) is 13.5. The Bertz CT molecular complexity index is 757. The van der Waals surface area contributed by atoms with Crippen molar-refractivity contribution in [3.63, 3.8) is 0 Å². The molecule has 1 amide bonds. The molecule has 0 unspecified atom stereocenters. The maximum Gasteiger partial charge on any atom is 0.243 e. The Kier molecular flexibility index (Phi) is 8.81. The fourth-order valence-corrected chi connectivity index (χ4v) is 3.38. The van der Waals surface area contributed by atoms with Crippen LogP contribution in [0.5, 0.6) is 0 Å². The van der Waals surface area contributed by atoms with E-state index < -0.39 is 0 Å². The van der Waals surface area contributed by atoms with Gasteiger partial charge >= 0.3 is 0 Å². The van der Waals surface area contributed by atoms with Crippen molar-refractivity contribution in [2.24, 2.45) is 4.99 Å². The van der Waals surface area contributed by atoms with Crippen LogP contribution in [0.15, 0.2) is 47.5 Å². The molecular weight excluding hydrogens is 370 g/mol. The summed E-state index contributed by atoms with van der Waals surface area (Å²) in [6, 6.07) is 14.6. The average molecular weight is 402 g/mol. The van der Waals surface area contributed by atoms with Gasteiger partial charge in [0.15, 0.2) is 5.96 Å². The van der Waals surface area contributed by atoms with E-state index in [9.17, 15) is 4.79 Å². The zero-order valence-corrected chi connectivity index (χ0v) is 18.1. The van der Waals surface area contributed by atoms with Crippen molar-refractivity contribution in [2.75, 3.05) is 45.7 Å². The summed E-state index contributed by atoms with van der Waals surface area (Å²) in [7, 11) is 5.58. The number of hydrogen-bond donors (Lipinski definition) is 2. The van der Waals surface area contributed by atoms with Crippen LogP contribution in [-0.2, 0) is 11.3 Å². The third-order valence-electron chi connectivity index (χ3n) is 4.26. The topological polar surface area (TPSA) is 60.0 Å². The van der Waals surface area contributed by atoms with Crippen LogP contribution in [0.25, 0.3) is 0 Å². The second-order valence-corrected chi connectivity index (χ2v) is 8.23. The van der Waals surface area contributed by atoms with E-state index in [-0.39, 0.29) is 12.5 Å². The predicted octanol–water partition coefficient (Wildman–Crippen LogP) is 2.71. The molecule has 152 valence electrons. The van der Waals surface area contributed by atoms with Gasteiger partial charge in [-0.15, -0.1) is 11.3 Å². The summed E-state index contributed by atoms with van der Waals surface area (Å²) < 4.78 is 0. The number of para-hydroxylation sites is 1. The number of nitrogens with one attached hydrogen (secondary N) is 2. The van der Waals surface area contributed by atoms with Gasteiger partial charge < -0.3 is 20.4 Å². The molecule has 0 saturated heterocycles. The summed E-state index contributed by atoms with van der Waals surface area (Å²) in [5.41, 5.74) is 1.21. The van der Waals surface area contributed by atoms with E-state index in [2.05, 4.69) is 58.8 Å². The van der Waals surface area contributed by atoms with Gasteiger partial charge in [0.05, 0.1) is 6.54 Å². The number of carbonyl (C=O) groups excluding carboxylic acids is 1. The maximum atomic E-state index is 11.9. The fourth-order valence-electron chi connectivity index (χ4n) is 2.55. The Morgan fingerprint density at radius 3 is 2.46 bits per heavy atom. The van der Waals surface area contributed by atoms with Crippen LogP contribution in [-0.4, -0.2) is 57.5 Å². The van der Waals surface area contributed by atoms with Crippen molar-refractivity contribution in [3.05, 3.63) is 52.2 Å². The molecule has 1 heterocycles. The highest BCUT2D eigenvalue weighted by Crippen LogP contribution is 2.14. The van der Waals surface area contributed by atoms with E-state index in [0.717, 1.165) is 19.5 Å². The molecule has 0 saturated carbocycles. The molecule has 0 radical (unpaired) electrons. The number of thiophene rings is 1. The normalized spacial score (nSPS) is 11.2. The first-order valence-corrected chi connectivity index (χ1v) is 10.3. The number of carbonyl (C=O) groups is 1. The molecule has 2 N–H and O–H groups in total. The standard InChI is InChI=1S/C21H31N5OS/c1-17-11-12-19(28-17)15-23-21(24-16-20(27)25(2)3)22-13-8-14-26(4)18-9-6-5-7-10-18/h5-7,9-12H,8,13-16H2,1-4H3,(H2,22,23,24). The Labute approximate surface area is 172 Å². The Morgan fingerprint density at radius 2 is 1.82 bits per heavy atom. The maximum absolute atomic E-state index is 11.9. The summed E-state index contributed by atoms with van der Waals surface area (Å²) in [4.78, 5) is 22.6. The van der Waals surface area contributed by atoms with Gasteiger partial charge in [-0.05, 0) is 37.6 Å². The predicted molar refractivity (Wildman–Crippen MR) is 119 cm³/mol. The highest BCUT2D eigenvalue weighted by Gasteiger charge is 2.06. The minimum absolute atomic E-state index is 0.0168. The number of nitrogens with zero attached hydrogens (tertiary/aromatic N) is 3. The van der Waals surface area contributed by atoms with Gasteiger partial charge in [-0.2, -0.15) is 0 Å². The SMILES string of the molecule is Cc1ccc(CNC(=NCC(=O)N(C)C)NCCCN(C)c2ccccc2)s1. The number of benzene rings is 1. The van der Waals surface area contributed by atoms with Crippen molar-refractivity contribution in [1.29, 1.82) is 0 Å². The number of likely N-dealkylation sites (N-methyl/N-ethyl adjacent to an activating group) is 1. The second kappa shape index (κ2) is 11.3. The molecule has 7 heteroatoms. The summed E-state index contributed by atoms with van der Waals surface area (Å²) in [5.74, 6) is 0.653. The molecular formula is C21H31N5OS. The molecule has 0 atom stereocenters. The number of rotatable bonds is 9. The van der Waals surface area contributed by atoms with Crippen LogP contribution in [0.3, 0.4) is 0 Å².